The highest BCUT2D eigenvalue weighted by atomic mass is 35.5. The number of halogens is 2. The van der Waals surface area contributed by atoms with Gasteiger partial charge in [-0.3, -0.25) is 4.90 Å². The molecule has 1 N–H and O–H groups in total. The average molecular weight is 503 g/mol. The molecule has 0 bridgehead atoms. The van der Waals surface area contributed by atoms with E-state index in [1.165, 1.54) is 6.42 Å². The molecule has 34 heavy (non-hydrogen) atoms. The Morgan fingerprint density at radius 1 is 1.21 bits per heavy atom. The third kappa shape index (κ3) is 4.28. The molecule has 2 aliphatic rings. The van der Waals surface area contributed by atoms with Crippen molar-refractivity contribution < 1.29 is 5.11 Å². The number of hydrogen-bond donors (Lipinski definition) is 1. The van der Waals surface area contributed by atoms with Crippen LogP contribution in [0.5, 0.6) is 0 Å². The van der Waals surface area contributed by atoms with Gasteiger partial charge in [-0.05, 0) is 63.3 Å². The van der Waals surface area contributed by atoms with E-state index < -0.39 is 0 Å². The zero-order valence-electron chi connectivity index (χ0n) is 20.0. The van der Waals surface area contributed by atoms with E-state index in [9.17, 15) is 5.11 Å². The lowest BCUT2D eigenvalue weighted by Gasteiger charge is -2.43. The largest absolute Gasteiger partial charge is 0.395 e. The van der Waals surface area contributed by atoms with Gasteiger partial charge in [0.25, 0.3) is 0 Å². The topological polar surface area (TPSA) is 70.3 Å². The molecular weight excluding hydrogens is 471 g/mol. The Kier molecular flexibility index (Phi) is 6.73. The minimum absolute atomic E-state index is 0.110. The summed E-state index contributed by atoms with van der Waals surface area (Å²) in [6.45, 7) is 9.54. The first-order valence-electron chi connectivity index (χ1n) is 12.2. The smallest absolute Gasteiger partial charge is 0.179 e. The number of benzene rings is 1. The predicted molar refractivity (Wildman–Crippen MR) is 137 cm³/mol. The first-order chi connectivity index (χ1) is 16.4. The monoisotopic (exact) mass is 502 g/mol. The van der Waals surface area contributed by atoms with Crippen molar-refractivity contribution >= 4 is 40.2 Å². The number of rotatable bonds is 5. The van der Waals surface area contributed by atoms with Crippen LogP contribution in [-0.2, 0) is 0 Å². The van der Waals surface area contributed by atoms with Crippen LogP contribution in [0.2, 0.25) is 10.0 Å². The molecule has 0 aliphatic carbocycles. The maximum absolute atomic E-state index is 9.78. The molecular formula is C25H32Cl2N6O. The number of hydrogen-bond acceptors (Lipinski definition) is 6. The maximum atomic E-state index is 9.78. The Hall–Kier alpha value is -1.93. The Balaban J connectivity index is 1.41. The van der Waals surface area contributed by atoms with Crippen LogP contribution in [0, 0.1) is 12.8 Å². The average Bonchev–Trinajstić information content (AvgIpc) is 3.42. The molecule has 2 aromatic heterocycles. The molecule has 1 aromatic carbocycles. The number of aryl methyl sites for hydroxylation is 1. The van der Waals surface area contributed by atoms with Gasteiger partial charge in [0.2, 0.25) is 0 Å². The van der Waals surface area contributed by atoms with Crippen LogP contribution < -0.4 is 4.90 Å². The number of aliphatic hydroxyl groups excluding tert-OH is 1. The van der Waals surface area contributed by atoms with Gasteiger partial charge in [0, 0.05) is 35.2 Å². The van der Waals surface area contributed by atoms with E-state index in [0.29, 0.717) is 28.0 Å². The summed E-state index contributed by atoms with van der Waals surface area (Å²) in [7, 11) is 0. The molecule has 0 amide bonds. The summed E-state index contributed by atoms with van der Waals surface area (Å²) >= 11 is 12.6. The van der Waals surface area contributed by atoms with Gasteiger partial charge in [-0.25, -0.2) is 14.6 Å². The maximum Gasteiger partial charge on any atom is 0.179 e. The van der Waals surface area contributed by atoms with Crippen LogP contribution in [-0.4, -0.2) is 68.1 Å². The van der Waals surface area contributed by atoms with E-state index in [2.05, 4.69) is 23.6 Å². The number of aromatic nitrogens is 4. The van der Waals surface area contributed by atoms with Gasteiger partial charge in [-0.15, -0.1) is 0 Å². The summed E-state index contributed by atoms with van der Waals surface area (Å²) in [5.74, 6) is 1.37. The third-order valence-electron chi connectivity index (χ3n) is 7.58. The highest BCUT2D eigenvalue weighted by Gasteiger charge is 2.36. The molecule has 0 unspecified atom stereocenters. The second-order valence-electron chi connectivity index (χ2n) is 9.77. The number of aliphatic hydroxyl groups is 1. The fourth-order valence-electron chi connectivity index (χ4n) is 5.76. The van der Waals surface area contributed by atoms with Crippen LogP contribution in [0.15, 0.2) is 24.4 Å². The van der Waals surface area contributed by atoms with Crippen LogP contribution in [0.1, 0.15) is 50.4 Å². The van der Waals surface area contributed by atoms with Crippen molar-refractivity contribution in [3.8, 4) is 0 Å². The van der Waals surface area contributed by atoms with Crippen LogP contribution >= 0.6 is 23.2 Å². The Labute approximate surface area is 210 Å². The molecule has 3 aromatic rings. The SMILES string of the molecule is Cc1nn([C@H](C)c2ccc(Cl)cc2Cl)c2nc(N3CC[C@@H](N4CCC[C@H]4CO)[C@@H](C)C3)cnc12. The lowest BCUT2D eigenvalue weighted by atomic mass is 9.92. The molecule has 9 heteroatoms. The molecule has 4 atom stereocenters. The summed E-state index contributed by atoms with van der Waals surface area (Å²) in [6, 6.07) is 6.27. The van der Waals surface area contributed by atoms with Gasteiger partial charge in [0.1, 0.15) is 11.3 Å². The highest BCUT2D eigenvalue weighted by Crippen LogP contribution is 2.33. The second-order valence-corrected chi connectivity index (χ2v) is 10.6. The second kappa shape index (κ2) is 9.61. The number of likely N-dealkylation sites (tertiary alicyclic amines) is 1. The standard InChI is InChI=1S/C25H32Cl2N6O/c1-15-13-31(10-8-22(15)32-9-4-5-19(32)14-34)23-12-28-24-16(2)30-33(25(24)29-23)17(3)20-7-6-18(26)11-21(20)27/h6-7,11-12,15,17,19,22,34H,4-5,8-10,13-14H2,1-3H3/t15-,17+,19-,22+/m0/s1. The first-order valence-corrected chi connectivity index (χ1v) is 12.9. The molecule has 2 aliphatic heterocycles. The zero-order chi connectivity index (χ0) is 24.0. The summed E-state index contributed by atoms with van der Waals surface area (Å²) < 4.78 is 1.92. The van der Waals surface area contributed by atoms with Crippen LogP contribution in [0.25, 0.3) is 11.2 Å². The Bertz CT molecular complexity index is 1180. The zero-order valence-corrected chi connectivity index (χ0v) is 21.5. The fourth-order valence-corrected chi connectivity index (χ4v) is 6.33. The molecule has 4 heterocycles. The van der Waals surface area contributed by atoms with Crippen molar-refractivity contribution in [2.24, 2.45) is 5.92 Å². The Morgan fingerprint density at radius 3 is 2.76 bits per heavy atom. The number of piperidine rings is 1. The van der Waals surface area contributed by atoms with Crippen molar-refractivity contribution in [3.63, 3.8) is 0 Å². The molecule has 0 spiro atoms. The van der Waals surface area contributed by atoms with E-state index >= 15 is 0 Å². The molecule has 2 fully saturated rings. The van der Waals surface area contributed by atoms with E-state index in [-0.39, 0.29) is 12.6 Å². The van der Waals surface area contributed by atoms with Crippen molar-refractivity contribution in [1.29, 1.82) is 0 Å². The van der Waals surface area contributed by atoms with Gasteiger partial charge in [0.05, 0.1) is 24.5 Å². The lowest BCUT2D eigenvalue weighted by Crippen LogP contribution is -2.52. The van der Waals surface area contributed by atoms with Gasteiger partial charge < -0.3 is 10.0 Å². The van der Waals surface area contributed by atoms with E-state index in [0.717, 1.165) is 60.7 Å². The summed E-state index contributed by atoms with van der Waals surface area (Å²) in [6.07, 6.45) is 5.22. The van der Waals surface area contributed by atoms with Crippen molar-refractivity contribution in [2.45, 2.75) is 58.2 Å². The van der Waals surface area contributed by atoms with E-state index in [1.54, 1.807) is 6.07 Å². The highest BCUT2D eigenvalue weighted by molar-refractivity contribution is 6.35. The minimum atomic E-state index is -0.110. The van der Waals surface area contributed by atoms with Gasteiger partial charge >= 0.3 is 0 Å². The predicted octanol–water partition coefficient (Wildman–Crippen LogP) is 4.72. The van der Waals surface area contributed by atoms with Gasteiger partial charge in [-0.2, -0.15) is 5.10 Å². The molecule has 0 radical (unpaired) electrons. The summed E-state index contributed by atoms with van der Waals surface area (Å²) in [5, 5.41) is 15.8. The van der Waals surface area contributed by atoms with Crippen LogP contribution in [0.3, 0.4) is 0 Å². The third-order valence-corrected chi connectivity index (χ3v) is 8.14. The van der Waals surface area contributed by atoms with Gasteiger partial charge in [-0.1, -0.05) is 36.2 Å². The molecule has 7 nitrogen and oxygen atoms in total. The number of anilines is 1. The van der Waals surface area contributed by atoms with Crippen molar-refractivity contribution in [2.75, 3.05) is 31.1 Å². The lowest BCUT2D eigenvalue weighted by molar-refractivity contribution is 0.0800. The first kappa shape index (κ1) is 23.8. The van der Waals surface area contributed by atoms with E-state index in [4.69, 9.17) is 38.3 Å². The quantitative estimate of drug-likeness (QED) is 0.544. The normalized spacial score (nSPS) is 24.8. The van der Waals surface area contributed by atoms with Crippen molar-refractivity contribution in [3.05, 3.63) is 45.7 Å². The number of nitrogens with zero attached hydrogens (tertiary/aromatic N) is 6. The molecule has 182 valence electrons. The van der Waals surface area contributed by atoms with Gasteiger partial charge in [0.15, 0.2) is 5.65 Å². The van der Waals surface area contributed by atoms with Crippen molar-refractivity contribution in [1.82, 2.24) is 24.6 Å². The molecule has 0 saturated carbocycles. The Morgan fingerprint density at radius 2 is 2.03 bits per heavy atom. The van der Waals surface area contributed by atoms with Crippen LogP contribution in [0.4, 0.5) is 5.82 Å². The molecule has 5 rings (SSSR count). The molecule has 2 saturated heterocycles. The summed E-state index contributed by atoms with van der Waals surface area (Å²) in [5.41, 5.74) is 3.37. The van der Waals surface area contributed by atoms with E-state index in [1.807, 2.05) is 29.9 Å². The summed E-state index contributed by atoms with van der Waals surface area (Å²) in [4.78, 5) is 14.7. The fraction of sp³-hybridized carbons (Fsp3) is 0.560. The minimum Gasteiger partial charge on any atom is -0.395 e. The number of fused-ring (bicyclic) bond motifs is 1.